The molecule has 1 aliphatic heterocycles. The molecule has 0 radical (unpaired) electrons. The van der Waals surface area contributed by atoms with Crippen LogP contribution in [-0.2, 0) is 10.2 Å². The fourth-order valence-corrected chi connectivity index (χ4v) is 3.70. The molecule has 0 bridgehead atoms. The van der Waals surface area contributed by atoms with Crippen molar-refractivity contribution >= 4 is 18.3 Å². The van der Waals surface area contributed by atoms with Gasteiger partial charge in [0.2, 0.25) is 5.91 Å². The molecule has 1 saturated carbocycles. The molecule has 3 rings (SSSR count). The first-order valence-electron chi connectivity index (χ1n) is 7.94. The second kappa shape index (κ2) is 7.42. The van der Waals surface area contributed by atoms with Crippen LogP contribution in [0, 0.1) is 11.7 Å². The van der Waals surface area contributed by atoms with E-state index in [1.165, 1.54) is 25.0 Å². The highest BCUT2D eigenvalue weighted by Crippen LogP contribution is 2.40. The molecule has 22 heavy (non-hydrogen) atoms. The maximum Gasteiger partial charge on any atom is 0.224 e. The molecule has 1 aromatic rings. The quantitative estimate of drug-likeness (QED) is 0.893. The average molecular weight is 327 g/mol. The van der Waals surface area contributed by atoms with Crippen LogP contribution in [0.4, 0.5) is 4.39 Å². The van der Waals surface area contributed by atoms with Crippen LogP contribution in [0.5, 0.6) is 0 Å². The summed E-state index contributed by atoms with van der Waals surface area (Å²) in [5, 5.41) is 6.37. The third kappa shape index (κ3) is 3.61. The molecular formula is C17H24ClFN2O. The molecule has 2 fully saturated rings. The zero-order valence-electron chi connectivity index (χ0n) is 12.7. The van der Waals surface area contributed by atoms with Gasteiger partial charge >= 0.3 is 0 Å². The Morgan fingerprint density at radius 2 is 1.95 bits per heavy atom. The van der Waals surface area contributed by atoms with E-state index in [2.05, 4.69) is 10.6 Å². The monoisotopic (exact) mass is 326 g/mol. The first-order valence-corrected chi connectivity index (χ1v) is 7.94. The fraction of sp³-hybridized carbons (Fsp3) is 0.588. The number of benzene rings is 1. The number of carbonyl (C=O) groups is 1. The smallest absolute Gasteiger partial charge is 0.224 e. The maximum absolute atomic E-state index is 13.1. The maximum atomic E-state index is 13.1. The average Bonchev–Trinajstić information content (AvgIpc) is 3.18. The van der Waals surface area contributed by atoms with E-state index in [0.29, 0.717) is 6.54 Å². The van der Waals surface area contributed by atoms with Crippen molar-refractivity contribution in [3.05, 3.63) is 35.6 Å². The Kier molecular flexibility index (Phi) is 5.81. The second-order valence-electron chi connectivity index (χ2n) is 6.40. The van der Waals surface area contributed by atoms with Crippen LogP contribution < -0.4 is 10.6 Å². The van der Waals surface area contributed by atoms with E-state index in [1.54, 1.807) is 0 Å². The van der Waals surface area contributed by atoms with Crippen molar-refractivity contribution in [2.75, 3.05) is 19.6 Å². The number of nitrogens with one attached hydrogen (secondary N) is 2. The highest BCUT2D eigenvalue weighted by Gasteiger charge is 2.36. The highest BCUT2D eigenvalue weighted by atomic mass is 35.5. The third-order valence-electron chi connectivity index (χ3n) is 5.05. The predicted molar refractivity (Wildman–Crippen MR) is 87.8 cm³/mol. The predicted octanol–water partition coefficient (Wildman–Crippen LogP) is 2.79. The lowest BCUT2D eigenvalue weighted by molar-refractivity contribution is -0.124. The molecule has 1 aliphatic carbocycles. The lowest BCUT2D eigenvalue weighted by Crippen LogP contribution is -2.42. The summed E-state index contributed by atoms with van der Waals surface area (Å²) < 4.78 is 13.1. The number of hydrogen-bond donors (Lipinski definition) is 2. The summed E-state index contributed by atoms with van der Waals surface area (Å²) in [5.74, 6) is 0.0676. The van der Waals surface area contributed by atoms with Crippen molar-refractivity contribution in [1.82, 2.24) is 10.6 Å². The van der Waals surface area contributed by atoms with Gasteiger partial charge in [0, 0.05) is 18.5 Å². The molecule has 2 N–H and O–H groups in total. The largest absolute Gasteiger partial charge is 0.355 e. The van der Waals surface area contributed by atoms with Crippen LogP contribution in [0.1, 0.15) is 37.7 Å². The number of hydrogen-bond acceptors (Lipinski definition) is 2. The van der Waals surface area contributed by atoms with Gasteiger partial charge in [-0.15, -0.1) is 12.4 Å². The van der Waals surface area contributed by atoms with Crippen molar-refractivity contribution in [3.63, 3.8) is 0 Å². The second-order valence-corrected chi connectivity index (χ2v) is 6.40. The van der Waals surface area contributed by atoms with E-state index < -0.39 is 0 Å². The number of halogens is 2. The normalized spacial score (nSPS) is 23.0. The van der Waals surface area contributed by atoms with E-state index in [9.17, 15) is 9.18 Å². The van der Waals surface area contributed by atoms with Gasteiger partial charge in [-0.1, -0.05) is 25.0 Å². The first-order chi connectivity index (χ1) is 10.2. The van der Waals surface area contributed by atoms with Crippen LogP contribution in [0.25, 0.3) is 0 Å². The van der Waals surface area contributed by atoms with Crippen molar-refractivity contribution < 1.29 is 9.18 Å². The van der Waals surface area contributed by atoms with Gasteiger partial charge in [0.05, 0.1) is 5.92 Å². The van der Waals surface area contributed by atoms with Crippen LogP contribution in [-0.4, -0.2) is 25.5 Å². The van der Waals surface area contributed by atoms with E-state index in [4.69, 9.17) is 0 Å². The Labute approximate surface area is 137 Å². The van der Waals surface area contributed by atoms with Gasteiger partial charge in [-0.25, -0.2) is 4.39 Å². The zero-order valence-corrected chi connectivity index (χ0v) is 13.6. The molecule has 1 unspecified atom stereocenters. The summed E-state index contributed by atoms with van der Waals surface area (Å²) in [5.41, 5.74) is 1.15. The Bertz CT molecular complexity index is 494. The van der Waals surface area contributed by atoms with Gasteiger partial charge in [0.1, 0.15) is 5.82 Å². The molecule has 5 heteroatoms. The minimum absolute atomic E-state index is 0. The lowest BCUT2D eigenvalue weighted by atomic mass is 9.78. The standard InChI is InChI=1S/C17H23FN2O.ClH/c18-15-5-3-14(4-6-15)17(8-1-2-9-17)12-20-16(21)13-7-10-19-11-13;/h3-6,13,19H,1-2,7-12H2,(H,20,21);1H. The Morgan fingerprint density at radius 3 is 2.55 bits per heavy atom. The number of carbonyl (C=O) groups excluding carboxylic acids is 1. The van der Waals surface area contributed by atoms with E-state index in [-0.39, 0.29) is 35.5 Å². The van der Waals surface area contributed by atoms with E-state index in [0.717, 1.165) is 37.9 Å². The molecule has 1 atom stereocenters. The Hall–Kier alpha value is -1.13. The van der Waals surface area contributed by atoms with Gasteiger partial charge in [-0.3, -0.25) is 4.79 Å². The van der Waals surface area contributed by atoms with Crippen LogP contribution in [0.3, 0.4) is 0 Å². The van der Waals surface area contributed by atoms with Gasteiger partial charge < -0.3 is 10.6 Å². The third-order valence-corrected chi connectivity index (χ3v) is 5.05. The van der Waals surface area contributed by atoms with Crippen molar-refractivity contribution in [3.8, 4) is 0 Å². The molecule has 3 nitrogen and oxygen atoms in total. The SMILES string of the molecule is Cl.O=C(NCC1(c2ccc(F)cc2)CCCC1)C1CCNC1. The summed E-state index contributed by atoms with van der Waals surface area (Å²) in [4.78, 5) is 12.2. The topological polar surface area (TPSA) is 41.1 Å². The molecule has 2 aliphatic rings. The van der Waals surface area contributed by atoms with Crippen molar-refractivity contribution in [2.24, 2.45) is 5.92 Å². The summed E-state index contributed by atoms with van der Waals surface area (Å²) >= 11 is 0. The molecule has 1 amide bonds. The van der Waals surface area contributed by atoms with Crippen LogP contribution >= 0.6 is 12.4 Å². The lowest BCUT2D eigenvalue weighted by Gasteiger charge is -2.30. The van der Waals surface area contributed by atoms with Gasteiger partial charge in [-0.05, 0) is 43.5 Å². The minimum Gasteiger partial charge on any atom is -0.355 e. The molecule has 0 aromatic heterocycles. The Morgan fingerprint density at radius 1 is 1.27 bits per heavy atom. The summed E-state index contributed by atoms with van der Waals surface area (Å²) in [6.07, 6.45) is 5.43. The summed E-state index contributed by atoms with van der Waals surface area (Å²) in [7, 11) is 0. The molecule has 1 aromatic carbocycles. The number of rotatable bonds is 4. The minimum atomic E-state index is -0.201. The van der Waals surface area contributed by atoms with Crippen molar-refractivity contribution in [2.45, 2.75) is 37.5 Å². The summed E-state index contributed by atoms with van der Waals surface area (Å²) in [6, 6.07) is 6.81. The molecule has 122 valence electrons. The molecular weight excluding hydrogens is 303 g/mol. The van der Waals surface area contributed by atoms with Gasteiger partial charge in [-0.2, -0.15) is 0 Å². The van der Waals surface area contributed by atoms with E-state index >= 15 is 0 Å². The molecule has 1 heterocycles. The van der Waals surface area contributed by atoms with Crippen molar-refractivity contribution in [1.29, 1.82) is 0 Å². The fourth-order valence-electron chi connectivity index (χ4n) is 3.70. The highest BCUT2D eigenvalue weighted by molar-refractivity contribution is 5.85. The number of amides is 1. The first kappa shape index (κ1) is 17.2. The Balaban J connectivity index is 0.00000176. The van der Waals surface area contributed by atoms with Gasteiger partial charge in [0.15, 0.2) is 0 Å². The molecule has 0 spiro atoms. The van der Waals surface area contributed by atoms with Gasteiger partial charge in [0.25, 0.3) is 0 Å². The summed E-state index contributed by atoms with van der Waals surface area (Å²) in [6.45, 7) is 2.39. The molecule has 1 saturated heterocycles. The van der Waals surface area contributed by atoms with E-state index in [1.807, 2.05) is 12.1 Å². The zero-order chi connectivity index (χ0) is 14.7. The van der Waals surface area contributed by atoms with Crippen LogP contribution in [0.15, 0.2) is 24.3 Å². The van der Waals surface area contributed by atoms with Crippen LogP contribution in [0.2, 0.25) is 0 Å².